The maximum absolute atomic E-state index is 14.7. The number of pyridine rings is 1. The van der Waals surface area contributed by atoms with Gasteiger partial charge in [0.05, 0.1) is 11.1 Å². The monoisotopic (exact) mass is 355 g/mol. The molecule has 1 aromatic heterocycles. The molecule has 0 atom stereocenters. The van der Waals surface area contributed by atoms with E-state index in [-0.39, 0.29) is 22.6 Å². The Labute approximate surface area is 143 Å². The Morgan fingerprint density at radius 2 is 2.00 bits per heavy atom. The van der Waals surface area contributed by atoms with E-state index in [1.54, 1.807) is 24.3 Å². The normalized spacial score (nSPS) is 13.9. The van der Waals surface area contributed by atoms with E-state index in [4.69, 9.17) is 4.74 Å². The summed E-state index contributed by atoms with van der Waals surface area (Å²) in [5.74, 6) is -3.59. The van der Waals surface area contributed by atoms with Gasteiger partial charge in [-0.05, 0) is 18.2 Å². The molecular weight excluding hydrogens is 348 g/mol. The minimum Gasteiger partial charge on any atom is -0.477 e. The number of hydrogen-bond acceptors (Lipinski definition) is 5. The molecule has 9 heteroatoms. The molecule has 26 heavy (non-hydrogen) atoms. The standard InChI is InChI=1S/C17H7F2N3O4/c18-9-5-7-13-14(12(9)19)22-10-3-1-2-4-11(10)26-17(22)20-21(13)6-8(15(7)23)16(24)25/h1-6H,(H,24,25). The molecular formula is C17H7F2N3O4. The van der Waals surface area contributed by atoms with Crippen molar-refractivity contribution >= 4 is 34.3 Å². The van der Waals surface area contributed by atoms with E-state index in [0.29, 0.717) is 17.5 Å². The number of anilines is 2. The van der Waals surface area contributed by atoms with Gasteiger partial charge < -0.3 is 9.84 Å². The van der Waals surface area contributed by atoms with E-state index >= 15 is 0 Å². The van der Waals surface area contributed by atoms with Crippen LogP contribution in [0.25, 0.3) is 10.9 Å². The molecule has 0 unspecified atom stereocenters. The van der Waals surface area contributed by atoms with Crippen LogP contribution in [0.3, 0.4) is 0 Å². The summed E-state index contributed by atoms with van der Waals surface area (Å²) in [6.45, 7) is 0. The van der Waals surface area contributed by atoms with Crippen LogP contribution in [0.2, 0.25) is 0 Å². The quantitative estimate of drug-likeness (QED) is 0.725. The van der Waals surface area contributed by atoms with E-state index in [2.05, 4.69) is 5.10 Å². The van der Waals surface area contributed by atoms with Crippen LogP contribution in [0, 0.1) is 11.6 Å². The van der Waals surface area contributed by atoms with Gasteiger partial charge in [-0.2, -0.15) is 0 Å². The fraction of sp³-hybridized carbons (Fsp3) is 0. The highest BCUT2D eigenvalue weighted by Gasteiger charge is 2.38. The minimum atomic E-state index is -1.50. The lowest BCUT2D eigenvalue weighted by molar-refractivity contribution is 0.0695. The topological polar surface area (TPSA) is 84.1 Å². The molecule has 0 saturated carbocycles. The first-order valence-electron chi connectivity index (χ1n) is 7.44. The number of nitrogens with zero attached hydrogens (tertiary/aromatic N) is 3. The highest BCUT2D eigenvalue weighted by atomic mass is 19.2. The highest BCUT2D eigenvalue weighted by molar-refractivity contribution is 6.13. The zero-order chi connectivity index (χ0) is 18.2. The van der Waals surface area contributed by atoms with Crippen LogP contribution < -0.4 is 15.1 Å². The predicted molar refractivity (Wildman–Crippen MR) is 87.1 cm³/mol. The van der Waals surface area contributed by atoms with Gasteiger partial charge in [-0.25, -0.2) is 18.3 Å². The Balaban J connectivity index is 1.97. The second-order valence-corrected chi connectivity index (χ2v) is 5.73. The van der Waals surface area contributed by atoms with Crippen molar-refractivity contribution in [3.05, 3.63) is 63.9 Å². The number of para-hydroxylation sites is 2. The maximum Gasteiger partial charge on any atom is 0.341 e. The lowest BCUT2D eigenvalue weighted by Crippen LogP contribution is -2.32. The third-order valence-corrected chi connectivity index (χ3v) is 4.28. The van der Waals surface area contributed by atoms with Crippen LogP contribution in [0.1, 0.15) is 10.4 Å². The molecule has 3 heterocycles. The lowest BCUT2D eigenvalue weighted by Gasteiger charge is -2.25. The molecule has 2 aliphatic rings. The van der Waals surface area contributed by atoms with Gasteiger partial charge in [0, 0.05) is 6.20 Å². The number of benzene rings is 2. The summed E-state index contributed by atoms with van der Waals surface area (Å²) in [7, 11) is 0. The van der Waals surface area contributed by atoms with E-state index in [1.165, 1.54) is 4.90 Å². The number of carboxylic acid groups (broad SMARTS) is 1. The predicted octanol–water partition coefficient (Wildman–Crippen LogP) is 2.64. The lowest BCUT2D eigenvalue weighted by atomic mass is 10.1. The molecule has 0 fully saturated rings. The molecule has 0 aliphatic carbocycles. The summed E-state index contributed by atoms with van der Waals surface area (Å²) < 4.78 is 35.5. The second-order valence-electron chi connectivity index (χ2n) is 5.73. The molecule has 3 aromatic rings. The number of carbonyl (C=O) groups is 1. The van der Waals surface area contributed by atoms with Crippen molar-refractivity contribution < 1.29 is 23.4 Å². The molecule has 2 aliphatic heterocycles. The fourth-order valence-corrected chi connectivity index (χ4v) is 3.18. The average molecular weight is 355 g/mol. The first-order chi connectivity index (χ1) is 12.5. The van der Waals surface area contributed by atoms with Crippen LogP contribution in [-0.2, 0) is 0 Å². The van der Waals surface area contributed by atoms with Crippen molar-refractivity contribution in [1.29, 1.82) is 0 Å². The van der Waals surface area contributed by atoms with E-state index in [0.717, 1.165) is 10.9 Å². The number of aromatic carboxylic acids is 1. The molecule has 2 aromatic carbocycles. The van der Waals surface area contributed by atoms with E-state index in [9.17, 15) is 23.5 Å². The number of halogens is 2. The summed E-state index contributed by atoms with van der Waals surface area (Å²) in [4.78, 5) is 25.0. The van der Waals surface area contributed by atoms with Gasteiger partial charge >= 0.3 is 12.0 Å². The molecule has 0 radical (unpaired) electrons. The number of fused-ring (bicyclic) bond motifs is 4. The van der Waals surface area contributed by atoms with Crippen molar-refractivity contribution in [2.45, 2.75) is 0 Å². The van der Waals surface area contributed by atoms with Gasteiger partial charge in [-0.1, -0.05) is 12.1 Å². The molecule has 0 spiro atoms. The number of amidine groups is 1. The van der Waals surface area contributed by atoms with Crippen LogP contribution in [0.15, 0.2) is 46.4 Å². The Bertz CT molecular complexity index is 1250. The first kappa shape index (κ1) is 14.6. The van der Waals surface area contributed by atoms with Crippen LogP contribution in [0.4, 0.5) is 20.2 Å². The van der Waals surface area contributed by atoms with Crippen LogP contribution >= 0.6 is 0 Å². The molecule has 0 saturated heterocycles. The fourth-order valence-electron chi connectivity index (χ4n) is 3.18. The van der Waals surface area contributed by atoms with Gasteiger partial charge in [0.2, 0.25) is 5.43 Å². The summed E-state index contributed by atoms with van der Waals surface area (Å²) in [6, 6.07) is 7.25. The molecule has 5 rings (SSSR count). The van der Waals surface area contributed by atoms with Crippen molar-refractivity contribution in [3.8, 4) is 5.75 Å². The number of carboxylic acids is 1. The summed E-state index contributed by atoms with van der Waals surface area (Å²) in [5, 5.41) is 13.1. The van der Waals surface area contributed by atoms with Crippen LogP contribution in [0.5, 0.6) is 5.75 Å². The molecule has 0 amide bonds. The first-order valence-corrected chi connectivity index (χ1v) is 7.44. The van der Waals surface area contributed by atoms with Gasteiger partial charge in [0.25, 0.3) is 0 Å². The third-order valence-electron chi connectivity index (χ3n) is 4.28. The Kier molecular flexibility index (Phi) is 2.61. The summed E-state index contributed by atoms with van der Waals surface area (Å²) in [6.07, 6.45) is 0.963. The van der Waals surface area contributed by atoms with Gasteiger partial charge in [-0.15, -0.1) is 5.10 Å². The highest BCUT2D eigenvalue weighted by Crippen LogP contribution is 2.45. The summed E-state index contributed by atoms with van der Waals surface area (Å²) in [5.41, 5.74) is -1.40. The molecule has 0 bridgehead atoms. The molecule has 128 valence electrons. The second kappa shape index (κ2) is 4.66. The zero-order valence-corrected chi connectivity index (χ0v) is 12.7. The smallest absolute Gasteiger partial charge is 0.341 e. The molecule has 1 N–H and O–H groups in total. The Morgan fingerprint density at radius 3 is 2.77 bits per heavy atom. The third kappa shape index (κ3) is 1.66. The van der Waals surface area contributed by atoms with Crippen molar-refractivity contribution in [1.82, 2.24) is 4.68 Å². The van der Waals surface area contributed by atoms with Crippen LogP contribution in [-0.4, -0.2) is 21.8 Å². The van der Waals surface area contributed by atoms with Gasteiger partial charge in [0.15, 0.2) is 17.4 Å². The van der Waals surface area contributed by atoms with E-state index in [1.807, 2.05) is 0 Å². The average Bonchev–Trinajstić information content (AvgIpc) is 2.98. The zero-order valence-electron chi connectivity index (χ0n) is 12.7. The number of aromatic nitrogens is 1. The van der Waals surface area contributed by atoms with Gasteiger partial charge in [-0.3, -0.25) is 9.69 Å². The van der Waals surface area contributed by atoms with Crippen molar-refractivity contribution in [2.24, 2.45) is 5.10 Å². The Hall–Kier alpha value is -3.75. The Morgan fingerprint density at radius 1 is 1.23 bits per heavy atom. The SMILES string of the molecule is O=C(O)c1cn2c3c(c(F)c(F)cc3c1=O)N1C(=N2)Oc2ccccc21. The van der Waals surface area contributed by atoms with Crippen molar-refractivity contribution in [2.75, 3.05) is 4.90 Å². The minimum absolute atomic E-state index is 0.0389. The number of ether oxygens (including phenoxy) is 1. The summed E-state index contributed by atoms with van der Waals surface area (Å²) >= 11 is 0. The molecule has 7 nitrogen and oxygen atoms in total. The maximum atomic E-state index is 14.7. The van der Waals surface area contributed by atoms with Gasteiger partial charge in [0.1, 0.15) is 16.8 Å². The number of rotatable bonds is 1. The largest absolute Gasteiger partial charge is 0.477 e. The van der Waals surface area contributed by atoms with E-state index < -0.39 is 28.6 Å². The van der Waals surface area contributed by atoms with Crippen molar-refractivity contribution in [3.63, 3.8) is 0 Å². The number of hydrogen-bond donors (Lipinski definition) is 1.